The van der Waals surface area contributed by atoms with Crippen LogP contribution in [-0.4, -0.2) is 52.5 Å². The topological polar surface area (TPSA) is 66.4 Å². The lowest BCUT2D eigenvalue weighted by Crippen LogP contribution is -2.19. The van der Waals surface area contributed by atoms with Crippen molar-refractivity contribution in [2.24, 2.45) is 0 Å². The largest absolute Gasteiger partial charge is 0.493 e. The zero-order chi connectivity index (χ0) is 23.3. The van der Waals surface area contributed by atoms with Gasteiger partial charge in [-0.1, -0.05) is 6.92 Å². The van der Waals surface area contributed by atoms with Crippen LogP contribution in [0.15, 0.2) is 29.2 Å². The molecule has 3 atom stereocenters. The van der Waals surface area contributed by atoms with Gasteiger partial charge in [0, 0.05) is 11.8 Å². The van der Waals surface area contributed by atoms with Crippen LogP contribution in [-0.2, 0) is 0 Å². The number of hydrogen-bond acceptors (Lipinski definition) is 7. The molecule has 1 saturated carbocycles. The highest BCUT2D eigenvalue weighted by Gasteiger charge is 2.38. The number of benzene rings is 2. The van der Waals surface area contributed by atoms with Gasteiger partial charge in [-0.05, 0) is 60.9 Å². The van der Waals surface area contributed by atoms with E-state index in [2.05, 4.69) is 13.0 Å². The van der Waals surface area contributed by atoms with E-state index in [0.29, 0.717) is 29.6 Å². The molecule has 1 aliphatic rings. The molecule has 6 nitrogen and oxygen atoms in total. The van der Waals surface area contributed by atoms with Gasteiger partial charge in [-0.15, -0.1) is 11.8 Å². The van der Waals surface area contributed by atoms with E-state index in [-0.39, 0.29) is 11.8 Å². The summed E-state index contributed by atoms with van der Waals surface area (Å²) in [6.07, 6.45) is 4.14. The standard InChI is InChI=1S/C25H34O6S/c1-7-10-31-25-21(29-4)13-16(14-22(25)32-6)18-9-8-17(23(18)26)15-11-19(27-2)24(30-5)20(12-15)28-3/h11-14,17-18,23,26H,7-10H2,1-6H3. The normalized spacial score (nSPS) is 20.2. The summed E-state index contributed by atoms with van der Waals surface area (Å²) in [5, 5.41) is 11.4. The minimum atomic E-state index is -0.542. The zero-order valence-corrected chi connectivity index (χ0v) is 20.6. The predicted octanol–water partition coefficient (Wildman–Crippen LogP) is 5.25. The van der Waals surface area contributed by atoms with Crippen molar-refractivity contribution in [1.29, 1.82) is 0 Å². The highest BCUT2D eigenvalue weighted by Crippen LogP contribution is 2.50. The molecular weight excluding hydrogens is 428 g/mol. The lowest BCUT2D eigenvalue weighted by molar-refractivity contribution is 0.145. The maximum Gasteiger partial charge on any atom is 0.203 e. The highest BCUT2D eigenvalue weighted by atomic mass is 32.2. The van der Waals surface area contributed by atoms with E-state index in [1.165, 1.54) is 0 Å². The zero-order valence-electron chi connectivity index (χ0n) is 19.8. The summed E-state index contributed by atoms with van der Waals surface area (Å²) < 4.78 is 28.1. The van der Waals surface area contributed by atoms with E-state index in [1.54, 1.807) is 40.2 Å². The van der Waals surface area contributed by atoms with Gasteiger partial charge in [0.15, 0.2) is 23.0 Å². The molecule has 1 fully saturated rings. The quantitative estimate of drug-likeness (QED) is 0.484. The molecule has 3 unspecified atom stereocenters. The van der Waals surface area contributed by atoms with Crippen LogP contribution in [0.25, 0.3) is 0 Å². The van der Waals surface area contributed by atoms with Crippen LogP contribution >= 0.6 is 11.8 Å². The summed E-state index contributed by atoms with van der Waals surface area (Å²) in [6.45, 7) is 2.72. The molecule has 176 valence electrons. The number of aliphatic hydroxyl groups is 1. The highest BCUT2D eigenvalue weighted by molar-refractivity contribution is 7.98. The molecular formula is C25H34O6S. The van der Waals surface area contributed by atoms with Gasteiger partial charge in [-0.2, -0.15) is 0 Å². The number of hydrogen-bond donors (Lipinski definition) is 1. The minimum Gasteiger partial charge on any atom is -0.493 e. The van der Waals surface area contributed by atoms with Crippen molar-refractivity contribution in [3.63, 3.8) is 0 Å². The Hall–Kier alpha value is -2.25. The van der Waals surface area contributed by atoms with E-state index < -0.39 is 6.10 Å². The number of ether oxygens (including phenoxy) is 5. The van der Waals surface area contributed by atoms with Crippen molar-refractivity contribution in [2.45, 2.75) is 49.0 Å². The molecule has 1 N–H and O–H groups in total. The second-order valence-electron chi connectivity index (χ2n) is 7.84. The van der Waals surface area contributed by atoms with E-state index in [0.717, 1.165) is 41.0 Å². The lowest BCUT2D eigenvalue weighted by atomic mass is 9.89. The Labute approximate surface area is 195 Å². The third-order valence-electron chi connectivity index (χ3n) is 6.09. The maximum absolute atomic E-state index is 11.4. The first-order valence-corrected chi connectivity index (χ1v) is 12.1. The Kier molecular flexibility index (Phi) is 8.43. The second-order valence-corrected chi connectivity index (χ2v) is 8.69. The Morgan fingerprint density at radius 1 is 0.812 bits per heavy atom. The Morgan fingerprint density at radius 2 is 1.31 bits per heavy atom. The minimum absolute atomic E-state index is 0.000818. The fourth-order valence-corrected chi connectivity index (χ4v) is 5.08. The number of rotatable bonds is 10. The average molecular weight is 463 g/mol. The van der Waals surface area contributed by atoms with Crippen molar-refractivity contribution in [2.75, 3.05) is 41.3 Å². The van der Waals surface area contributed by atoms with E-state index in [9.17, 15) is 5.11 Å². The van der Waals surface area contributed by atoms with Crippen LogP contribution in [0.4, 0.5) is 0 Å². The van der Waals surface area contributed by atoms with Crippen LogP contribution in [0.1, 0.15) is 49.1 Å². The van der Waals surface area contributed by atoms with Crippen molar-refractivity contribution in [3.8, 4) is 28.7 Å². The summed E-state index contributed by atoms with van der Waals surface area (Å²) in [5.74, 6) is 3.21. The Morgan fingerprint density at radius 3 is 1.75 bits per heavy atom. The first kappa shape index (κ1) is 24.4. The summed E-state index contributed by atoms with van der Waals surface area (Å²) in [6, 6.07) is 8.01. The fraction of sp³-hybridized carbons (Fsp3) is 0.520. The van der Waals surface area contributed by atoms with Crippen LogP contribution in [0.3, 0.4) is 0 Å². The molecule has 2 aromatic carbocycles. The number of thioether (sulfide) groups is 1. The molecule has 0 aromatic heterocycles. The third kappa shape index (κ3) is 4.74. The van der Waals surface area contributed by atoms with Crippen molar-refractivity contribution < 1.29 is 28.8 Å². The molecule has 0 radical (unpaired) electrons. The molecule has 2 aromatic rings. The van der Waals surface area contributed by atoms with Gasteiger partial charge in [-0.3, -0.25) is 0 Å². The van der Waals surface area contributed by atoms with Gasteiger partial charge < -0.3 is 28.8 Å². The summed E-state index contributed by atoms with van der Waals surface area (Å²) in [5.41, 5.74) is 2.05. The molecule has 0 heterocycles. The summed E-state index contributed by atoms with van der Waals surface area (Å²) in [7, 11) is 6.46. The van der Waals surface area contributed by atoms with Gasteiger partial charge >= 0.3 is 0 Å². The molecule has 3 rings (SSSR count). The molecule has 1 aliphatic carbocycles. The second kappa shape index (κ2) is 11.1. The smallest absolute Gasteiger partial charge is 0.203 e. The van der Waals surface area contributed by atoms with Crippen molar-refractivity contribution in [1.82, 2.24) is 0 Å². The summed E-state index contributed by atoms with van der Waals surface area (Å²) in [4.78, 5) is 1.02. The van der Waals surface area contributed by atoms with Gasteiger partial charge in [0.25, 0.3) is 0 Å². The maximum atomic E-state index is 11.4. The van der Waals surface area contributed by atoms with Crippen molar-refractivity contribution in [3.05, 3.63) is 35.4 Å². The monoisotopic (exact) mass is 462 g/mol. The lowest BCUT2D eigenvalue weighted by Gasteiger charge is -2.23. The van der Waals surface area contributed by atoms with E-state index in [1.807, 2.05) is 24.5 Å². The molecule has 0 aliphatic heterocycles. The Balaban J connectivity index is 1.94. The Bertz CT molecular complexity index is 865. The fourth-order valence-electron chi connectivity index (χ4n) is 4.48. The summed E-state index contributed by atoms with van der Waals surface area (Å²) >= 11 is 1.63. The van der Waals surface area contributed by atoms with Crippen LogP contribution in [0.5, 0.6) is 28.7 Å². The van der Waals surface area contributed by atoms with Crippen LogP contribution in [0, 0.1) is 0 Å². The third-order valence-corrected chi connectivity index (χ3v) is 6.83. The van der Waals surface area contributed by atoms with Gasteiger partial charge in [-0.25, -0.2) is 0 Å². The van der Waals surface area contributed by atoms with Gasteiger partial charge in [0.1, 0.15) is 0 Å². The first-order chi connectivity index (χ1) is 15.5. The first-order valence-electron chi connectivity index (χ1n) is 10.9. The van der Waals surface area contributed by atoms with E-state index in [4.69, 9.17) is 23.7 Å². The van der Waals surface area contributed by atoms with Gasteiger partial charge in [0.05, 0.1) is 46.0 Å². The average Bonchev–Trinajstić information content (AvgIpc) is 3.22. The van der Waals surface area contributed by atoms with E-state index >= 15 is 0 Å². The van der Waals surface area contributed by atoms with Gasteiger partial charge in [0.2, 0.25) is 5.75 Å². The molecule has 0 saturated heterocycles. The predicted molar refractivity (Wildman–Crippen MR) is 127 cm³/mol. The van der Waals surface area contributed by atoms with Crippen molar-refractivity contribution >= 4 is 11.8 Å². The number of aliphatic hydroxyl groups excluding tert-OH is 1. The molecule has 0 amide bonds. The SMILES string of the molecule is CCCOc1c(OC)cc(C2CCC(c3cc(OC)c(OC)c(OC)c3)C2O)cc1SC. The molecule has 0 bridgehead atoms. The molecule has 7 heteroatoms. The molecule has 0 spiro atoms. The van der Waals surface area contributed by atoms with Crippen LogP contribution < -0.4 is 23.7 Å². The number of methoxy groups -OCH3 is 4. The van der Waals surface area contributed by atoms with Crippen LogP contribution in [0.2, 0.25) is 0 Å². The molecule has 32 heavy (non-hydrogen) atoms.